The first-order valence-corrected chi connectivity index (χ1v) is 9.23. The van der Waals surface area contributed by atoms with Gasteiger partial charge >= 0.3 is 5.97 Å². The van der Waals surface area contributed by atoms with E-state index in [1.165, 1.54) is 23.8 Å². The summed E-state index contributed by atoms with van der Waals surface area (Å²) in [6, 6.07) is 14.3. The van der Waals surface area contributed by atoms with Crippen LogP contribution in [-0.4, -0.2) is 23.3 Å². The molecule has 2 aromatic carbocycles. The lowest BCUT2D eigenvalue weighted by molar-refractivity contribution is -0.113. The highest BCUT2D eigenvalue weighted by Gasteiger charge is 2.33. The van der Waals surface area contributed by atoms with Gasteiger partial charge in [-0.3, -0.25) is 9.69 Å². The van der Waals surface area contributed by atoms with E-state index >= 15 is 0 Å². The molecule has 25 heavy (non-hydrogen) atoms. The van der Waals surface area contributed by atoms with Gasteiger partial charge in [-0.2, -0.15) is 0 Å². The SMILES string of the molecule is COC(=O)c1ccc(/C=C2/SC(=S)N(c3cccc(Br)c3)C2=O)cc1. The molecule has 0 N–H and O–H groups in total. The fourth-order valence-electron chi connectivity index (χ4n) is 2.29. The molecule has 0 radical (unpaired) electrons. The molecule has 3 rings (SSSR count). The van der Waals surface area contributed by atoms with E-state index in [1.54, 1.807) is 30.3 Å². The third-order valence-corrected chi connectivity index (χ3v) is 5.29. The van der Waals surface area contributed by atoms with E-state index in [9.17, 15) is 9.59 Å². The summed E-state index contributed by atoms with van der Waals surface area (Å²) in [5.41, 5.74) is 1.99. The lowest BCUT2D eigenvalue weighted by Gasteiger charge is -2.14. The Balaban J connectivity index is 1.86. The van der Waals surface area contributed by atoms with Crippen LogP contribution in [0.2, 0.25) is 0 Å². The number of rotatable bonds is 3. The number of thiocarbonyl (C=S) groups is 1. The number of halogens is 1. The van der Waals surface area contributed by atoms with Crippen LogP contribution >= 0.6 is 39.9 Å². The van der Waals surface area contributed by atoms with Gasteiger partial charge in [0.05, 0.1) is 23.3 Å². The quantitative estimate of drug-likeness (QED) is 0.400. The number of hydrogen-bond acceptors (Lipinski definition) is 5. The van der Waals surface area contributed by atoms with Gasteiger partial charge in [0.15, 0.2) is 4.32 Å². The number of hydrogen-bond donors (Lipinski definition) is 0. The van der Waals surface area contributed by atoms with Gasteiger partial charge in [-0.15, -0.1) is 0 Å². The molecular formula is C18H12BrNO3S2. The molecule has 0 aliphatic carbocycles. The Hall–Kier alpha value is -1.96. The van der Waals surface area contributed by atoms with Crippen LogP contribution in [0, 0.1) is 0 Å². The van der Waals surface area contributed by atoms with E-state index in [4.69, 9.17) is 12.2 Å². The van der Waals surface area contributed by atoms with Crippen molar-refractivity contribution in [1.29, 1.82) is 0 Å². The standard InChI is InChI=1S/C18H12BrNO3S2/c1-23-17(22)12-7-5-11(6-8-12)9-15-16(21)20(18(24)25-15)14-4-2-3-13(19)10-14/h2-10H,1H3/b15-9+. The number of amides is 1. The van der Waals surface area contributed by atoms with Crippen LogP contribution in [0.15, 0.2) is 57.9 Å². The van der Waals surface area contributed by atoms with Crippen LogP contribution in [-0.2, 0) is 9.53 Å². The van der Waals surface area contributed by atoms with Crippen LogP contribution in [0.25, 0.3) is 6.08 Å². The number of anilines is 1. The molecule has 1 amide bonds. The highest BCUT2D eigenvalue weighted by molar-refractivity contribution is 9.10. The maximum Gasteiger partial charge on any atom is 0.337 e. The molecule has 7 heteroatoms. The van der Waals surface area contributed by atoms with Crippen molar-refractivity contribution in [1.82, 2.24) is 0 Å². The first kappa shape index (κ1) is 17.8. The molecule has 0 bridgehead atoms. The highest BCUT2D eigenvalue weighted by atomic mass is 79.9. The number of carbonyl (C=O) groups is 2. The summed E-state index contributed by atoms with van der Waals surface area (Å²) in [7, 11) is 1.34. The highest BCUT2D eigenvalue weighted by Crippen LogP contribution is 2.36. The van der Waals surface area contributed by atoms with Crippen LogP contribution in [0.1, 0.15) is 15.9 Å². The zero-order chi connectivity index (χ0) is 18.0. The summed E-state index contributed by atoms with van der Waals surface area (Å²) in [6.07, 6.45) is 1.76. The fourth-order valence-corrected chi connectivity index (χ4v) is 3.98. The minimum atomic E-state index is -0.396. The minimum Gasteiger partial charge on any atom is -0.465 e. The first-order chi connectivity index (χ1) is 12.0. The normalized spacial score (nSPS) is 15.8. The van der Waals surface area contributed by atoms with Crippen molar-refractivity contribution in [2.45, 2.75) is 0 Å². The van der Waals surface area contributed by atoms with Crippen molar-refractivity contribution < 1.29 is 14.3 Å². The van der Waals surface area contributed by atoms with E-state index in [-0.39, 0.29) is 5.91 Å². The Kier molecular flexibility index (Phi) is 5.36. The van der Waals surface area contributed by atoms with E-state index in [0.717, 1.165) is 15.7 Å². The summed E-state index contributed by atoms with van der Waals surface area (Å²) in [5.74, 6) is -0.558. The molecule has 0 saturated carbocycles. The van der Waals surface area contributed by atoms with Gasteiger partial charge in [0.25, 0.3) is 5.91 Å². The molecule has 1 fully saturated rings. The van der Waals surface area contributed by atoms with Crippen LogP contribution in [0.5, 0.6) is 0 Å². The zero-order valence-corrected chi connectivity index (χ0v) is 16.3. The van der Waals surface area contributed by atoms with Gasteiger partial charge in [0.1, 0.15) is 0 Å². The third-order valence-electron chi connectivity index (χ3n) is 3.49. The topological polar surface area (TPSA) is 46.6 Å². The van der Waals surface area contributed by atoms with E-state index in [0.29, 0.717) is 14.8 Å². The number of esters is 1. The molecule has 0 unspecified atom stereocenters. The predicted octanol–water partition coefficient (Wildman–Crippen LogP) is 4.64. The largest absolute Gasteiger partial charge is 0.465 e. The predicted molar refractivity (Wildman–Crippen MR) is 108 cm³/mol. The molecular weight excluding hydrogens is 422 g/mol. The van der Waals surface area contributed by atoms with Gasteiger partial charge in [0.2, 0.25) is 0 Å². The number of benzene rings is 2. The number of nitrogens with zero attached hydrogens (tertiary/aromatic N) is 1. The smallest absolute Gasteiger partial charge is 0.337 e. The van der Waals surface area contributed by atoms with Crippen LogP contribution in [0.4, 0.5) is 5.69 Å². The second kappa shape index (κ2) is 7.51. The molecule has 1 aliphatic rings. The van der Waals surface area contributed by atoms with Gasteiger partial charge < -0.3 is 4.74 Å². The Labute approximate surface area is 163 Å². The van der Waals surface area contributed by atoms with Crippen molar-refractivity contribution >= 4 is 67.9 Å². The van der Waals surface area contributed by atoms with E-state index in [2.05, 4.69) is 20.7 Å². The van der Waals surface area contributed by atoms with Crippen molar-refractivity contribution in [3.63, 3.8) is 0 Å². The van der Waals surface area contributed by atoms with Gasteiger partial charge in [0, 0.05) is 4.47 Å². The minimum absolute atomic E-state index is 0.162. The number of ether oxygens (including phenoxy) is 1. The molecule has 0 spiro atoms. The summed E-state index contributed by atoms with van der Waals surface area (Å²) in [4.78, 5) is 26.2. The number of methoxy groups -OCH3 is 1. The maximum absolute atomic E-state index is 12.7. The molecule has 1 heterocycles. The first-order valence-electron chi connectivity index (χ1n) is 7.21. The Morgan fingerprint density at radius 3 is 2.60 bits per heavy atom. The van der Waals surface area contributed by atoms with Gasteiger partial charge in [-0.25, -0.2) is 4.79 Å². The molecule has 2 aromatic rings. The lowest BCUT2D eigenvalue weighted by atomic mass is 10.1. The summed E-state index contributed by atoms with van der Waals surface area (Å²) in [5, 5.41) is 0. The summed E-state index contributed by atoms with van der Waals surface area (Å²) in [6.45, 7) is 0. The summed E-state index contributed by atoms with van der Waals surface area (Å²) >= 11 is 10.0. The van der Waals surface area contributed by atoms with Crippen molar-refractivity contribution in [3.8, 4) is 0 Å². The van der Waals surface area contributed by atoms with Crippen molar-refractivity contribution in [3.05, 3.63) is 69.0 Å². The van der Waals surface area contributed by atoms with E-state index < -0.39 is 5.97 Å². The van der Waals surface area contributed by atoms with Crippen LogP contribution in [0.3, 0.4) is 0 Å². The fraction of sp³-hybridized carbons (Fsp3) is 0.0556. The number of carbonyl (C=O) groups excluding carboxylic acids is 2. The number of thioether (sulfide) groups is 1. The Bertz CT molecular complexity index is 893. The lowest BCUT2D eigenvalue weighted by Crippen LogP contribution is -2.27. The monoisotopic (exact) mass is 433 g/mol. The molecule has 1 saturated heterocycles. The molecule has 1 aliphatic heterocycles. The van der Waals surface area contributed by atoms with Crippen LogP contribution < -0.4 is 4.90 Å². The second-order valence-corrected chi connectivity index (χ2v) is 7.70. The van der Waals surface area contributed by atoms with E-state index in [1.807, 2.05) is 24.3 Å². The molecule has 126 valence electrons. The Morgan fingerprint density at radius 2 is 1.96 bits per heavy atom. The van der Waals surface area contributed by atoms with Crippen molar-refractivity contribution in [2.75, 3.05) is 12.0 Å². The van der Waals surface area contributed by atoms with Gasteiger partial charge in [-0.1, -0.05) is 58.1 Å². The summed E-state index contributed by atoms with van der Waals surface area (Å²) < 4.78 is 6.04. The average Bonchev–Trinajstić information content (AvgIpc) is 2.88. The zero-order valence-electron chi connectivity index (χ0n) is 13.1. The third kappa shape index (κ3) is 3.84. The Morgan fingerprint density at radius 1 is 1.24 bits per heavy atom. The average molecular weight is 434 g/mol. The maximum atomic E-state index is 12.7. The van der Waals surface area contributed by atoms with Crippen molar-refractivity contribution in [2.24, 2.45) is 0 Å². The molecule has 4 nitrogen and oxygen atoms in total. The molecule has 0 aromatic heterocycles. The molecule has 0 atom stereocenters. The van der Waals surface area contributed by atoms with Gasteiger partial charge in [-0.05, 0) is 42.0 Å². The second-order valence-electron chi connectivity index (χ2n) is 5.11.